The molecule has 0 radical (unpaired) electrons. The zero-order valence-electron chi connectivity index (χ0n) is 7.26. The van der Waals surface area contributed by atoms with Gasteiger partial charge in [0.05, 0.1) is 0 Å². The highest BCUT2D eigenvalue weighted by Crippen LogP contribution is 2.29. The van der Waals surface area contributed by atoms with E-state index >= 15 is 0 Å². The average molecular weight is 187 g/mol. The van der Waals surface area contributed by atoms with Crippen molar-refractivity contribution in [2.75, 3.05) is 6.61 Å². The number of benzene rings is 1. The SMILES string of the molecule is Cc1ccccc1C(F)(F)CON. The molecule has 2 N–H and O–H groups in total. The molecule has 2 nitrogen and oxygen atoms in total. The van der Waals surface area contributed by atoms with E-state index in [0.717, 1.165) is 0 Å². The predicted octanol–water partition coefficient (Wildman–Crippen LogP) is 1.98. The minimum Gasteiger partial charge on any atom is -0.298 e. The van der Waals surface area contributed by atoms with E-state index in [0.29, 0.717) is 5.56 Å². The lowest BCUT2D eigenvalue weighted by Crippen LogP contribution is -2.24. The second-order valence-corrected chi connectivity index (χ2v) is 2.83. The Morgan fingerprint density at radius 2 is 2.00 bits per heavy atom. The molecule has 1 rings (SSSR count). The number of halogens is 2. The first kappa shape index (κ1) is 10.1. The van der Waals surface area contributed by atoms with Crippen LogP contribution in [-0.4, -0.2) is 6.61 Å². The first-order valence-corrected chi connectivity index (χ1v) is 3.83. The Hall–Kier alpha value is -1.00. The van der Waals surface area contributed by atoms with Crippen molar-refractivity contribution in [3.63, 3.8) is 0 Å². The van der Waals surface area contributed by atoms with E-state index in [-0.39, 0.29) is 5.56 Å². The van der Waals surface area contributed by atoms with Crippen molar-refractivity contribution in [1.82, 2.24) is 0 Å². The summed E-state index contributed by atoms with van der Waals surface area (Å²) in [6.45, 7) is 0.831. The molecule has 0 unspecified atom stereocenters. The zero-order valence-corrected chi connectivity index (χ0v) is 7.26. The van der Waals surface area contributed by atoms with Gasteiger partial charge in [-0.05, 0) is 12.5 Å². The Bertz CT molecular complexity index is 289. The van der Waals surface area contributed by atoms with E-state index < -0.39 is 12.5 Å². The lowest BCUT2D eigenvalue weighted by atomic mass is 10.0. The fourth-order valence-corrected chi connectivity index (χ4v) is 1.17. The van der Waals surface area contributed by atoms with Crippen LogP contribution in [0.2, 0.25) is 0 Å². The first-order valence-electron chi connectivity index (χ1n) is 3.83. The minimum atomic E-state index is -3.01. The van der Waals surface area contributed by atoms with E-state index in [4.69, 9.17) is 0 Å². The van der Waals surface area contributed by atoms with Crippen molar-refractivity contribution in [3.05, 3.63) is 35.4 Å². The maximum atomic E-state index is 13.2. The van der Waals surface area contributed by atoms with E-state index in [1.807, 2.05) is 0 Å². The molecule has 0 aromatic heterocycles. The molecule has 0 heterocycles. The summed E-state index contributed by atoms with van der Waals surface area (Å²) >= 11 is 0. The largest absolute Gasteiger partial charge is 0.298 e. The van der Waals surface area contributed by atoms with Crippen molar-refractivity contribution < 1.29 is 13.6 Å². The monoisotopic (exact) mass is 187 g/mol. The van der Waals surface area contributed by atoms with Crippen LogP contribution in [0.1, 0.15) is 11.1 Å². The maximum absolute atomic E-state index is 13.2. The molecule has 1 aromatic rings. The number of hydrogen-bond donors (Lipinski definition) is 1. The Balaban J connectivity index is 2.99. The van der Waals surface area contributed by atoms with Crippen molar-refractivity contribution >= 4 is 0 Å². The van der Waals surface area contributed by atoms with Crippen molar-refractivity contribution in [3.8, 4) is 0 Å². The van der Waals surface area contributed by atoms with Crippen molar-refractivity contribution in [2.45, 2.75) is 12.8 Å². The fourth-order valence-electron chi connectivity index (χ4n) is 1.17. The summed E-state index contributed by atoms with van der Waals surface area (Å²) in [5.74, 6) is 1.61. The smallest absolute Gasteiger partial charge is 0.298 e. The summed E-state index contributed by atoms with van der Waals surface area (Å²) < 4.78 is 26.4. The molecule has 0 aliphatic carbocycles. The minimum absolute atomic E-state index is 0.0412. The van der Waals surface area contributed by atoms with Gasteiger partial charge in [-0.1, -0.05) is 24.3 Å². The van der Waals surface area contributed by atoms with Crippen LogP contribution in [-0.2, 0) is 10.8 Å². The molecular formula is C9H11F2NO. The highest BCUT2D eigenvalue weighted by Gasteiger charge is 2.32. The quantitative estimate of drug-likeness (QED) is 0.734. The van der Waals surface area contributed by atoms with Crippen LogP contribution in [0.4, 0.5) is 8.78 Å². The third-order valence-electron chi connectivity index (χ3n) is 1.80. The van der Waals surface area contributed by atoms with Gasteiger partial charge in [-0.2, -0.15) is 8.78 Å². The second-order valence-electron chi connectivity index (χ2n) is 2.83. The van der Waals surface area contributed by atoms with Crippen LogP contribution in [0.3, 0.4) is 0 Å². The van der Waals surface area contributed by atoms with Gasteiger partial charge < -0.3 is 0 Å². The Morgan fingerprint density at radius 1 is 1.38 bits per heavy atom. The Morgan fingerprint density at radius 3 is 2.54 bits per heavy atom. The van der Waals surface area contributed by atoms with Crippen LogP contribution in [0.5, 0.6) is 0 Å². The van der Waals surface area contributed by atoms with Gasteiger partial charge in [0.2, 0.25) is 0 Å². The molecule has 0 spiro atoms. The van der Waals surface area contributed by atoms with Crippen molar-refractivity contribution in [1.29, 1.82) is 0 Å². The molecule has 0 saturated heterocycles. The predicted molar refractivity (Wildman–Crippen MR) is 45.2 cm³/mol. The molecule has 0 aliphatic heterocycles. The summed E-state index contributed by atoms with van der Waals surface area (Å²) in [6, 6.07) is 6.26. The van der Waals surface area contributed by atoms with Crippen LogP contribution in [0.25, 0.3) is 0 Å². The summed E-state index contributed by atoms with van der Waals surface area (Å²) in [6.07, 6.45) is 0. The molecule has 0 aliphatic rings. The Labute approximate surface area is 75.3 Å². The van der Waals surface area contributed by atoms with Gasteiger partial charge in [0.25, 0.3) is 5.92 Å². The van der Waals surface area contributed by atoms with Crippen LogP contribution < -0.4 is 5.90 Å². The summed E-state index contributed by atoms with van der Waals surface area (Å²) in [4.78, 5) is 3.97. The lowest BCUT2D eigenvalue weighted by molar-refractivity contribution is -0.0841. The topological polar surface area (TPSA) is 35.2 Å². The molecule has 4 heteroatoms. The molecule has 0 fully saturated rings. The molecule has 1 aromatic carbocycles. The molecule has 13 heavy (non-hydrogen) atoms. The number of rotatable bonds is 3. The summed E-state index contributed by atoms with van der Waals surface area (Å²) in [5, 5.41) is 0. The number of alkyl halides is 2. The average Bonchev–Trinajstić information content (AvgIpc) is 2.04. The van der Waals surface area contributed by atoms with E-state index in [1.165, 1.54) is 6.07 Å². The number of nitrogens with two attached hydrogens (primary N) is 1. The third kappa shape index (κ3) is 2.23. The molecule has 0 saturated carbocycles. The molecular weight excluding hydrogens is 176 g/mol. The number of aryl methyl sites for hydroxylation is 1. The normalized spacial score (nSPS) is 11.7. The van der Waals surface area contributed by atoms with Gasteiger partial charge >= 0.3 is 0 Å². The van der Waals surface area contributed by atoms with E-state index in [1.54, 1.807) is 25.1 Å². The highest BCUT2D eigenvalue weighted by molar-refractivity contribution is 5.29. The Kier molecular flexibility index (Phi) is 2.95. The third-order valence-corrected chi connectivity index (χ3v) is 1.80. The summed E-state index contributed by atoms with van der Waals surface area (Å²) in [7, 11) is 0. The van der Waals surface area contributed by atoms with Gasteiger partial charge in [-0.3, -0.25) is 4.84 Å². The highest BCUT2D eigenvalue weighted by atomic mass is 19.3. The molecule has 72 valence electrons. The lowest BCUT2D eigenvalue weighted by Gasteiger charge is -2.16. The molecule has 0 amide bonds. The zero-order chi connectivity index (χ0) is 9.90. The van der Waals surface area contributed by atoms with E-state index in [2.05, 4.69) is 10.7 Å². The molecule has 0 atom stereocenters. The maximum Gasteiger partial charge on any atom is 0.298 e. The van der Waals surface area contributed by atoms with Gasteiger partial charge in [-0.25, -0.2) is 5.90 Å². The van der Waals surface area contributed by atoms with Gasteiger partial charge in [-0.15, -0.1) is 0 Å². The van der Waals surface area contributed by atoms with Crippen molar-refractivity contribution in [2.24, 2.45) is 5.90 Å². The number of hydrogen-bond acceptors (Lipinski definition) is 2. The van der Waals surface area contributed by atoms with E-state index in [9.17, 15) is 8.78 Å². The van der Waals surface area contributed by atoms with Crippen LogP contribution in [0, 0.1) is 6.92 Å². The first-order chi connectivity index (χ1) is 6.08. The summed E-state index contributed by atoms with van der Waals surface area (Å²) in [5.41, 5.74) is 0.491. The van der Waals surface area contributed by atoms with Crippen LogP contribution in [0.15, 0.2) is 24.3 Å². The fraction of sp³-hybridized carbons (Fsp3) is 0.333. The standard InChI is InChI=1S/C9H11F2NO/c1-7-4-2-3-5-8(7)9(10,11)6-13-12/h2-5H,6,12H2,1H3. The van der Waals surface area contributed by atoms with Gasteiger partial charge in [0.1, 0.15) is 6.61 Å². The van der Waals surface area contributed by atoms with Gasteiger partial charge in [0.15, 0.2) is 0 Å². The van der Waals surface area contributed by atoms with Gasteiger partial charge in [0, 0.05) is 5.56 Å². The molecule has 0 bridgehead atoms. The second kappa shape index (κ2) is 3.81. The van der Waals surface area contributed by atoms with Crippen LogP contribution >= 0.6 is 0 Å².